The number of hydrogen-bond donors (Lipinski definition) is 2. The summed E-state index contributed by atoms with van der Waals surface area (Å²) in [5, 5.41) is 0. The van der Waals surface area contributed by atoms with Crippen molar-refractivity contribution in [1.29, 1.82) is 0 Å². The lowest BCUT2D eigenvalue weighted by molar-refractivity contribution is 0.0958. The first-order valence-electron chi connectivity index (χ1n) is 16.4. The first kappa shape index (κ1) is 37.9. The van der Waals surface area contributed by atoms with Gasteiger partial charge in [-0.15, -0.1) is 0 Å². The van der Waals surface area contributed by atoms with Gasteiger partial charge >= 0.3 is 17.2 Å². The highest BCUT2D eigenvalue weighted by Gasteiger charge is 2.29. The zero-order chi connectivity index (χ0) is 31.8. The fraction of sp³-hybridized carbons (Fsp3) is 0.657. The molecule has 2 aromatic carbocycles. The Labute approximate surface area is 264 Å². The summed E-state index contributed by atoms with van der Waals surface area (Å²) in [5.74, 6) is 1.80. The average Bonchev–Trinajstić information content (AvgIpc) is 2.96. The number of benzene rings is 2. The van der Waals surface area contributed by atoms with Gasteiger partial charge in [0.15, 0.2) is 0 Å². The molecule has 2 rings (SSSR count). The first-order valence-corrected chi connectivity index (χ1v) is 18.6. The fourth-order valence-corrected chi connectivity index (χ4v) is 6.86. The molecule has 0 aromatic heterocycles. The normalized spacial score (nSPS) is 12.0. The molecule has 0 atom stereocenters. The van der Waals surface area contributed by atoms with Crippen molar-refractivity contribution in [3.05, 3.63) is 57.6 Å². The molecule has 244 valence electrons. The first-order chi connectivity index (χ1) is 20.5. The maximum absolute atomic E-state index is 9.35. The number of aryl methyl sites for hydroxylation is 6. The molecule has 0 bridgehead atoms. The van der Waals surface area contributed by atoms with Crippen molar-refractivity contribution >= 4 is 17.2 Å². The molecule has 0 aliphatic heterocycles. The Hall–Kier alpha value is -1.26. The SMILES string of the molecule is CCCCc1cc(C)cc(CCCC)c1OP(OCC(C)(C)COP(O)O)Oc1c(CCCC)cc(C)cc1CCCC. The Morgan fingerprint density at radius 1 is 0.581 bits per heavy atom. The van der Waals surface area contributed by atoms with E-state index in [1.54, 1.807) is 0 Å². The van der Waals surface area contributed by atoms with Crippen LogP contribution >= 0.6 is 17.2 Å². The third-order valence-corrected chi connectivity index (χ3v) is 8.80. The van der Waals surface area contributed by atoms with E-state index in [0.29, 0.717) is 0 Å². The molecule has 0 heterocycles. The third kappa shape index (κ3) is 13.7. The van der Waals surface area contributed by atoms with Crippen LogP contribution in [-0.4, -0.2) is 23.0 Å². The average molecular weight is 637 g/mol. The predicted molar refractivity (Wildman–Crippen MR) is 182 cm³/mol. The Morgan fingerprint density at radius 2 is 0.907 bits per heavy atom. The minimum atomic E-state index is -2.43. The zero-order valence-corrected chi connectivity index (χ0v) is 29.9. The molecule has 2 aromatic rings. The summed E-state index contributed by atoms with van der Waals surface area (Å²) in [7, 11) is -4.25. The second-order valence-electron chi connectivity index (χ2n) is 12.6. The molecule has 0 saturated carbocycles. The third-order valence-electron chi connectivity index (χ3n) is 7.44. The van der Waals surface area contributed by atoms with E-state index in [0.717, 1.165) is 88.5 Å². The second-order valence-corrected chi connectivity index (χ2v) is 14.4. The Morgan fingerprint density at radius 3 is 1.21 bits per heavy atom. The molecule has 0 spiro atoms. The van der Waals surface area contributed by atoms with Crippen molar-refractivity contribution in [3.63, 3.8) is 0 Å². The standard InChI is InChI=1S/C35H58O6P2/c1-9-13-17-29-21-27(5)22-30(18-14-10-2)33(29)40-43(39-26-35(7,8)25-38-42(36)37)41-34-31(19-15-11-3)23-28(6)24-32(34)20-16-12-4/h21-24,36-37H,9-20,25-26H2,1-8H3. The molecule has 0 radical (unpaired) electrons. The topological polar surface area (TPSA) is 77.4 Å². The largest absolute Gasteiger partial charge is 0.463 e. The smallest absolute Gasteiger partial charge is 0.417 e. The summed E-state index contributed by atoms with van der Waals surface area (Å²) in [6.45, 7) is 17.6. The van der Waals surface area contributed by atoms with Crippen LogP contribution in [0, 0.1) is 19.3 Å². The lowest BCUT2D eigenvalue weighted by atomic mass is 9.97. The quantitative estimate of drug-likeness (QED) is 0.125. The van der Waals surface area contributed by atoms with Gasteiger partial charge in [-0.2, -0.15) is 0 Å². The second kappa shape index (κ2) is 20.0. The highest BCUT2D eigenvalue weighted by atomic mass is 31.2. The number of unbranched alkanes of at least 4 members (excludes halogenated alkanes) is 4. The van der Waals surface area contributed by atoms with Crippen LogP contribution in [0.5, 0.6) is 11.5 Å². The Balaban J connectivity index is 2.58. The summed E-state index contributed by atoms with van der Waals surface area (Å²) in [5.41, 5.74) is 6.86. The minimum absolute atomic E-state index is 0.150. The lowest BCUT2D eigenvalue weighted by Gasteiger charge is -2.28. The van der Waals surface area contributed by atoms with Gasteiger partial charge in [-0.25, -0.2) is 0 Å². The van der Waals surface area contributed by atoms with Crippen LogP contribution in [0.15, 0.2) is 24.3 Å². The number of hydrogen-bond acceptors (Lipinski definition) is 6. The van der Waals surface area contributed by atoms with Gasteiger partial charge < -0.3 is 23.4 Å². The molecule has 0 fully saturated rings. The van der Waals surface area contributed by atoms with E-state index in [1.807, 2.05) is 13.8 Å². The van der Waals surface area contributed by atoms with Gasteiger partial charge in [0.25, 0.3) is 0 Å². The van der Waals surface area contributed by atoms with Crippen molar-refractivity contribution in [2.75, 3.05) is 13.2 Å². The van der Waals surface area contributed by atoms with Gasteiger partial charge in [0, 0.05) is 5.41 Å². The Bertz CT molecular complexity index is 958. The van der Waals surface area contributed by atoms with Gasteiger partial charge in [0.2, 0.25) is 0 Å². The van der Waals surface area contributed by atoms with E-state index >= 15 is 0 Å². The van der Waals surface area contributed by atoms with Gasteiger partial charge in [-0.05, 0) is 87.5 Å². The summed E-state index contributed by atoms with van der Waals surface area (Å²) in [4.78, 5) is 18.7. The summed E-state index contributed by atoms with van der Waals surface area (Å²) < 4.78 is 25.5. The van der Waals surface area contributed by atoms with Crippen LogP contribution < -0.4 is 9.05 Å². The monoisotopic (exact) mass is 636 g/mol. The summed E-state index contributed by atoms with van der Waals surface area (Å²) >= 11 is 0. The molecule has 43 heavy (non-hydrogen) atoms. The summed E-state index contributed by atoms with van der Waals surface area (Å²) in [6, 6.07) is 9.01. The van der Waals surface area contributed by atoms with Gasteiger partial charge in [0.05, 0.1) is 13.2 Å². The fourth-order valence-electron chi connectivity index (χ4n) is 5.03. The van der Waals surface area contributed by atoms with E-state index < -0.39 is 22.6 Å². The van der Waals surface area contributed by atoms with Crippen LogP contribution in [0.4, 0.5) is 0 Å². The van der Waals surface area contributed by atoms with Gasteiger partial charge in [-0.3, -0.25) is 4.52 Å². The van der Waals surface area contributed by atoms with Crippen LogP contribution in [0.3, 0.4) is 0 Å². The minimum Gasteiger partial charge on any atom is -0.417 e. The van der Waals surface area contributed by atoms with Crippen molar-refractivity contribution in [3.8, 4) is 11.5 Å². The summed E-state index contributed by atoms with van der Waals surface area (Å²) in [6.07, 6.45) is 12.6. The van der Waals surface area contributed by atoms with Gasteiger partial charge in [0.1, 0.15) is 11.5 Å². The maximum atomic E-state index is 9.35. The molecule has 0 amide bonds. The molecule has 0 saturated heterocycles. The highest BCUT2D eigenvalue weighted by molar-refractivity contribution is 7.42. The van der Waals surface area contributed by atoms with Gasteiger partial charge in [-0.1, -0.05) is 103 Å². The molecule has 8 heteroatoms. The maximum Gasteiger partial charge on any atom is 0.463 e. The van der Waals surface area contributed by atoms with Crippen molar-refractivity contribution < 1.29 is 27.9 Å². The molecule has 0 aliphatic carbocycles. The lowest BCUT2D eigenvalue weighted by Crippen LogP contribution is -2.24. The van der Waals surface area contributed by atoms with Crippen LogP contribution in [0.2, 0.25) is 0 Å². The molecule has 0 aliphatic rings. The van der Waals surface area contributed by atoms with Crippen LogP contribution in [0.25, 0.3) is 0 Å². The van der Waals surface area contributed by atoms with Crippen LogP contribution in [-0.2, 0) is 34.7 Å². The zero-order valence-electron chi connectivity index (χ0n) is 28.1. The van der Waals surface area contributed by atoms with E-state index in [4.69, 9.17) is 18.1 Å². The van der Waals surface area contributed by atoms with E-state index in [9.17, 15) is 9.79 Å². The van der Waals surface area contributed by atoms with E-state index in [-0.39, 0.29) is 13.2 Å². The van der Waals surface area contributed by atoms with E-state index in [1.165, 1.54) is 33.4 Å². The van der Waals surface area contributed by atoms with Crippen LogP contribution in [0.1, 0.15) is 126 Å². The van der Waals surface area contributed by atoms with E-state index in [2.05, 4.69) is 65.8 Å². The van der Waals surface area contributed by atoms with Crippen molar-refractivity contribution in [2.45, 2.75) is 132 Å². The highest BCUT2D eigenvalue weighted by Crippen LogP contribution is 2.48. The molecule has 6 nitrogen and oxygen atoms in total. The number of rotatable bonds is 22. The molecule has 2 N–H and O–H groups in total. The van der Waals surface area contributed by atoms with Crippen molar-refractivity contribution in [2.24, 2.45) is 5.41 Å². The molecular weight excluding hydrogens is 578 g/mol. The molecular formula is C35H58O6P2. The predicted octanol–water partition coefficient (Wildman–Crippen LogP) is 10.6. The molecule has 0 unspecified atom stereocenters. The van der Waals surface area contributed by atoms with Crippen molar-refractivity contribution in [1.82, 2.24) is 0 Å². The Kier molecular flexibility index (Phi) is 17.6.